The highest BCUT2D eigenvalue weighted by Crippen LogP contribution is 2.43. The zero-order valence-electron chi connectivity index (χ0n) is 15.4. The summed E-state index contributed by atoms with van der Waals surface area (Å²) in [7, 11) is 0. The number of nitrogens with one attached hydrogen (secondary N) is 2. The van der Waals surface area contributed by atoms with Gasteiger partial charge in [-0.25, -0.2) is 4.98 Å². The van der Waals surface area contributed by atoms with E-state index in [0.717, 1.165) is 42.6 Å². The molecular formula is C21H21N5O2. The van der Waals surface area contributed by atoms with E-state index in [4.69, 9.17) is 4.98 Å². The van der Waals surface area contributed by atoms with Gasteiger partial charge in [-0.05, 0) is 43.9 Å². The number of hydrogen-bond donors (Lipinski definition) is 2. The molecule has 4 heterocycles. The summed E-state index contributed by atoms with van der Waals surface area (Å²) in [5.41, 5.74) is 2.77. The van der Waals surface area contributed by atoms with Crippen molar-refractivity contribution in [3.05, 3.63) is 70.2 Å². The van der Waals surface area contributed by atoms with E-state index in [0.29, 0.717) is 24.4 Å². The number of fused-ring (bicyclic) bond motifs is 2. The molecule has 7 heteroatoms. The summed E-state index contributed by atoms with van der Waals surface area (Å²) < 4.78 is 0. The normalized spacial score (nSPS) is 21.1. The highest BCUT2D eigenvalue weighted by Gasteiger charge is 2.45. The number of carbonyl (C=O) groups is 1. The van der Waals surface area contributed by atoms with Crippen LogP contribution in [0.3, 0.4) is 0 Å². The minimum atomic E-state index is -0.245. The molecule has 142 valence electrons. The Hall–Kier alpha value is -3.22. The second kappa shape index (κ2) is 6.44. The molecule has 5 rings (SSSR count). The molecule has 0 radical (unpaired) electrons. The molecule has 1 atom stereocenters. The van der Waals surface area contributed by atoms with Gasteiger partial charge in [0.15, 0.2) is 0 Å². The van der Waals surface area contributed by atoms with Crippen molar-refractivity contribution in [1.29, 1.82) is 0 Å². The predicted molar refractivity (Wildman–Crippen MR) is 104 cm³/mol. The molecule has 3 aromatic heterocycles. The van der Waals surface area contributed by atoms with Gasteiger partial charge in [-0.1, -0.05) is 0 Å². The third-order valence-electron chi connectivity index (χ3n) is 6.02. The fraction of sp³-hybridized carbons (Fsp3) is 0.333. The smallest absolute Gasteiger partial charge is 0.255 e. The fourth-order valence-electron chi connectivity index (χ4n) is 4.63. The number of pyridine rings is 1. The molecule has 1 unspecified atom stereocenters. The van der Waals surface area contributed by atoms with Crippen molar-refractivity contribution in [2.75, 3.05) is 13.1 Å². The number of likely N-dealkylation sites (tertiary alicyclic amines) is 1. The van der Waals surface area contributed by atoms with Gasteiger partial charge < -0.3 is 14.9 Å². The first kappa shape index (κ1) is 16.9. The Bertz CT molecular complexity index is 1070. The summed E-state index contributed by atoms with van der Waals surface area (Å²) in [5.74, 6) is 0.582. The second-order valence-corrected chi connectivity index (χ2v) is 7.69. The maximum absolute atomic E-state index is 12.9. The van der Waals surface area contributed by atoms with Gasteiger partial charge in [-0.3, -0.25) is 14.6 Å². The summed E-state index contributed by atoms with van der Waals surface area (Å²) in [4.78, 5) is 42.4. The van der Waals surface area contributed by atoms with Crippen LogP contribution in [-0.2, 0) is 11.8 Å². The molecule has 0 aromatic carbocycles. The summed E-state index contributed by atoms with van der Waals surface area (Å²) in [5, 5.41) is 0. The Morgan fingerprint density at radius 3 is 2.96 bits per heavy atom. The van der Waals surface area contributed by atoms with Crippen LogP contribution in [0.15, 0.2) is 47.8 Å². The molecule has 1 aliphatic heterocycles. The van der Waals surface area contributed by atoms with Gasteiger partial charge in [-0.2, -0.15) is 0 Å². The molecule has 1 aliphatic carbocycles. The van der Waals surface area contributed by atoms with E-state index in [-0.39, 0.29) is 16.9 Å². The summed E-state index contributed by atoms with van der Waals surface area (Å²) in [6.45, 7) is 1.34. The molecular weight excluding hydrogens is 354 g/mol. The zero-order chi connectivity index (χ0) is 19.1. The zero-order valence-corrected chi connectivity index (χ0v) is 15.4. The molecule has 7 nitrogen and oxygen atoms in total. The molecule has 0 bridgehead atoms. The largest absolute Gasteiger partial charge is 0.367 e. The van der Waals surface area contributed by atoms with Gasteiger partial charge >= 0.3 is 0 Å². The van der Waals surface area contributed by atoms with Crippen molar-refractivity contribution >= 4 is 5.91 Å². The molecule has 1 amide bonds. The number of aromatic amines is 2. The Balaban J connectivity index is 1.54. The Morgan fingerprint density at radius 1 is 1.25 bits per heavy atom. The van der Waals surface area contributed by atoms with Gasteiger partial charge in [0.2, 0.25) is 0 Å². The third-order valence-corrected chi connectivity index (χ3v) is 6.02. The van der Waals surface area contributed by atoms with E-state index >= 15 is 0 Å². The van der Waals surface area contributed by atoms with Gasteiger partial charge in [0.05, 0.1) is 11.3 Å². The number of carbonyl (C=O) groups excluding carboxylic acids is 1. The van der Waals surface area contributed by atoms with Crippen molar-refractivity contribution in [3.8, 4) is 11.4 Å². The summed E-state index contributed by atoms with van der Waals surface area (Å²) >= 11 is 0. The Kier molecular flexibility index (Phi) is 3.89. The number of H-pyrrole nitrogens is 2. The van der Waals surface area contributed by atoms with E-state index in [1.54, 1.807) is 30.9 Å². The van der Waals surface area contributed by atoms with E-state index in [2.05, 4.69) is 15.0 Å². The standard InChI is InChI=1S/C21H21N5O2/c27-19-16-4-7-21(17(16)24-18(25-19)14-3-1-8-22-11-14)6-2-10-26(13-21)20(28)15-5-9-23-12-15/h1,3,5,8-9,11-12,23H,2,4,6-7,10,13H2,(H,24,25,27). The van der Waals surface area contributed by atoms with Crippen LogP contribution in [0.25, 0.3) is 11.4 Å². The van der Waals surface area contributed by atoms with Crippen molar-refractivity contribution < 1.29 is 4.79 Å². The lowest BCUT2D eigenvalue weighted by atomic mass is 9.77. The lowest BCUT2D eigenvalue weighted by molar-refractivity contribution is 0.0633. The van der Waals surface area contributed by atoms with Crippen molar-refractivity contribution in [2.24, 2.45) is 0 Å². The monoisotopic (exact) mass is 375 g/mol. The third kappa shape index (κ3) is 2.66. The van der Waals surface area contributed by atoms with Gasteiger partial charge in [0, 0.05) is 54.4 Å². The van der Waals surface area contributed by atoms with Crippen LogP contribution in [0, 0.1) is 0 Å². The quantitative estimate of drug-likeness (QED) is 0.718. The van der Waals surface area contributed by atoms with Gasteiger partial charge in [0.25, 0.3) is 11.5 Å². The number of aromatic nitrogens is 4. The molecule has 3 aromatic rings. The summed E-state index contributed by atoms with van der Waals surface area (Å²) in [6.07, 6.45) is 10.3. The van der Waals surface area contributed by atoms with E-state index in [9.17, 15) is 9.59 Å². The topological polar surface area (TPSA) is 94.7 Å². The first-order valence-corrected chi connectivity index (χ1v) is 9.62. The minimum absolute atomic E-state index is 0.0334. The lowest BCUT2D eigenvalue weighted by Crippen LogP contribution is -2.48. The molecule has 2 N–H and O–H groups in total. The fourth-order valence-corrected chi connectivity index (χ4v) is 4.63. The molecule has 0 saturated carbocycles. The maximum atomic E-state index is 12.9. The summed E-state index contributed by atoms with van der Waals surface area (Å²) in [6, 6.07) is 5.52. The van der Waals surface area contributed by atoms with Crippen LogP contribution >= 0.6 is 0 Å². The maximum Gasteiger partial charge on any atom is 0.255 e. The number of nitrogens with zero attached hydrogens (tertiary/aromatic N) is 3. The molecule has 1 fully saturated rings. The molecule has 1 saturated heterocycles. The Labute approximate surface area is 161 Å². The number of rotatable bonds is 2. The van der Waals surface area contributed by atoms with Crippen molar-refractivity contribution in [3.63, 3.8) is 0 Å². The van der Waals surface area contributed by atoms with Crippen LogP contribution in [0.4, 0.5) is 0 Å². The average Bonchev–Trinajstić information content (AvgIpc) is 3.38. The van der Waals surface area contributed by atoms with Crippen molar-refractivity contribution in [1.82, 2.24) is 24.8 Å². The van der Waals surface area contributed by atoms with E-state index in [1.165, 1.54) is 0 Å². The molecule has 28 heavy (non-hydrogen) atoms. The van der Waals surface area contributed by atoms with E-state index in [1.807, 2.05) is 17.0 Å². The number of hydrogen-bond acceptors (Lipinski definition) is 4. The van der Waals surface area contributed by atoms with Gasteiger partial charge in [-0.15, -0.1) is 0 Å². The highest BCUT2D eigenvalue weighted by atomic mass is 16.2. The molecule has 2 aliphatic rings. The van der Waals surface area contributed by atoms with Crippen LogP contribution in [0.5, 0.6) is 0 Å². The molecule has 1 spiro atoms. The highest BCUT2D eigenvalue weighted by molar-refractivity contribution is 5.94. The van der Waals surface area contributed by atoms with Gasteiger partial charge in [0.1, 0.15) is 5.82 Å². The first-order valence-electron chi connectivity index (χ1n) is 9.62. The van der Waals surface area contributed by atoms with Crippen molar-refractivity contribution in [2.45, 2.75) is 31.1 Å². The number of amides is 1. The van der Waals surface area contributed by atoms with Crippen LogP contribution < -0.4 is 5.56 Å². The minimum Gasteiger partial charge on any atom is -0.367 e. The number of piperidine rings is 1. The SMILES string of the molecule is O=C(c1cc[nH]c1)N1CCCC2(CCc3c2nc(-c2cccnc2)[nH]c3=O)C1. The Morgan fingerprint density at radius 2 is 2.18 bits per heavy atom. The predicted octanol–water partition coefficient (Wildman–Crippen LogP) is 2.28. The van der Waals surface area contributed by atoms with Crippen LogP contribution in [0.2, 0.25) is 0 Å². The second-order valence-electron chi connectivity index (χ2n) is 7.69. The van der Waals surface area contributed by atoms with Crippen LogP contribution in [0.1, 0.15) is 40.9 Å². The lowest BCUT2D eigenvalue weighted by Gasteiger charge is -2.40. The first-order chi connectivity index (χ1) is 13.7. The average molecular weight is 375 g/mol. The van der Waals surface area contributed by atoms with Crippen LogP contribution in [-0.4, -0.2) is 43.8 Å². The van der Waals surface area contributed by atoms with E-state index < -0.39 is 0 Å².